The smallest absolute Gasteiger partial charge is 0.339 e. The molecule has 0 aliphatic carbocycles. The molecule has 0 aliphatic rings. The van der Waals surface area contributed by atoms with E-state index in [4.69, 9.17) is 11.6 Å². The first-order valence-electron chi connectivity index (χ1n) is 6.63. The SMILES string of the molecule is COC(=O)c1cccc(Cl)c1S(=O)(=O)CCNC(=O)c1cocn1. The van der Waals surface area contributed by atoms with Gasteiger partial charge in [-0.15, -0.1) is 0 Å². The predicted octanol–water partition coefficient (Wildman–Crippen LogP) is 1.32. The Morgan fingerprint density at radius 3 is 2.75 bits per heavy atom. The Morgan fingerprint density at radius 1 is 1.38 bits per heavy atom. The largest absolute Gasteiger partial charge is 0.465 e. The van der Waals surface area contributed by atoms with Gasteiger partial charge in [0.05, 0.1) is 23.4 Å². The summed E-state index contributed by atoms with van der Waals surface area (Å²) < 4.78 is 34.2. The standard InChI is InChI=1S/C14H13ClN2O6S/c1-22-14(19)9-3-2-4-10(15)12(9)24(20,21)6-5-16-13(18)11-7-23-8-17-11/h2-4,7-8H,5-6H2,1H3,(H,16,18). The van der Waals surface area contributed by atoms with Gasteiger partial charge in [0.2, 0.25) is 0 Å². The number of nitrogens with one attached hydrogen (secondary N) is 1. The summed E-state index contributed by atoms with van der Waals surface area (Å²) in [6.45, 7) is -0.195. The van der Waals surface area contributed by atoms with E-state index < -0.39 is 27.5 Å². The van der Waals surface area contributed by atoms with Crippen molar-refractivity contribution in [3.63, 3.8) is 0 Å². The van der Waals surface area contributed by atoms with E-state index in [9.17, 15) is 18.0 Å². The van der Waals surface area contributed by atoms with Gasteiger partial charge in [0.25, 0.3) is 5.91 Å². The van der Waals surface area contributed by atoms with Crippen molar-refractivity contribution in [1.29, 1.82) is 0 Å². The van der Waals surface area contributed by atoms with Gasteiger partial charge in [-0.25, -0.2) is 18.2 Å². The maximum atomic E-state index is 12.5. The minimum atomic E-state index is -3.93. The molecule has 0 fully saturated rings. The first-order chi connectivity index (χ1) is 11.4. The lowest BCUT2D eigenvalue weighted by Crippen LogP contribution is -2.29. The molecule has 1 amide bonds. The Hall–Kier alpha value is -2.39. The quantitative estimate of drug-likeness (QED) is 0.760. The van der Waals surface area contributed by atoms with E-state index in [1.807, 2.05) is 0 Å². The highest BCUT2D eigenvalue weighted by Crippen LogP contribution is 2.26. The third-order valence-electron chi connectivity index (χ3n) is 3.00. The van der Waals surface area contributed by atoms with E-state index >= 15 is 0 Å². The van der Waals surface area contributed by atoms with Crippen LogP contribution in [-0.2, 0) is 14.6 Å². The molecule has 24 heavy (non-hydrogen) atoms. The normalized spacial score (nSPS) is 11.1. The van der Waals surface area contributed by atoms with Crippen LogP contribution in [0.15, 0.2) is 40.2 Å². The number of hydrogen-bond acceptors (Lipinski definition) is 7. The van der Waals surface area contributed by atoms with E-state index in [2.05, 4.69) is 19.5 Å². The Morgan fingerprint density at radius 2 is 2.12 bits per heavy atom. The number of sulfone groups is 1. The molecule has 1 aromatic heterocycles. The number of esters is 1. The molecular formula is C14H13ClN2O6S. The molecule has 0 saturated carbocycles. The van der Waals surface area contributed by atoms with E-state index in [1.54, 1.807) is 0 Å². The molecule has 0 saturated heterocycles. The molecule has 0 spiro atoms. The van der Waals surface area contributed by atoms with Gasteiger partial charge in [-0.3, -0.25) is 4.79 Å². The number of hydrogen-bond donors (Lipinski definition) is 1. The van der Waals surface area contributed by atoms with Crippen LogP contribution in [0.2, 0.25) is 5.02 Å². The number of nitrogens with zero attached hydrogens (tertiary/aromatic N) is 1. The lowest BCUT2D eigenvalue weighted by atomic mass is 10.2. The minimum absolute atomic E-state index is 0.0281. The number of aromatic nitrogens is 1. The van der Waals surface area contributed by atoms with Gasteiger partial charge < -0.3 is 14.5 Å². The zero-order valence-electron chi connectivity index (χ0n) is 12.5. The van der Waals surface area contributed by atoms with E-state index in [-0.39, 0.29) is 27.7 Å². The molecule has 0 aliphatic heterocycles. The highest BCUT2D eigenvalue weighted by atomic mass is 35.5. The van der Waals surface area contributed by atoms with Crippen LogP contribution >= 0.6 is 11.6 Å². The first kappa shape index (κ1) is 18.0. The number of oxazole rings is 1. The zero-order valence-corrected chi connectivity index (χ0v) is 14.1. The van der Waals surface area contributed by atoms with Crippen molar-refractivity contribution in [3.8, 4) is 0 Å². The Bertz CT molecular complexity index is 848. The number of carbonyl (C=O) groups is 2. The van der Waals surface area contributed by atoms with Crippen molar-refractivity contribution in [3.05, 3.63) is 47.1 Å². The molecule has 8 nitrogen and oxygen atoms in total. The monoisotopic (exact) mass is 372 g/mol. The molecule has 2 rings (SSSR count). The second-order valence-corrected chi connectivity index (χ2v) is 7.01. The number of methoxy groups -OCH3 is 1. The molecule has 2 aromatic rings. The molecule has 1 heterocycles. The third kappa shape index (κ3) is 3.92. The van der Waals surface area contributed by atoms with Crippen LogP contribution in [0.25, 0.3) is 0 Å². The molecule has 10 heteroatoms. The summed E-state index contributed by atoms with van der Waals surface area (Å²) >= 11 is 5.94. The number of carbonyl (C=O) groups excluding carboxylic acids is 2. The molecule has 1 aromatic carbocycles. The Balaban J connectivity index is 2.16. The van der Waals surface area contributed by atoms with Crippen LogP contribution in [0, 0.1) is 0 Å². The fourth-order valence-electron chi connectivity index (χ4n) is 1.91. The molecule has 0 bridgehead atoms. The van der Waals surface area contributed by atoms with Crippen molar-refractivity contribution in [1.82, 2.24) is 10.3 Å². The number of rotatable bonds is 6. The summed E-state index contributed by atoms with van der Waals surface area (Å²) in [5.41, 5.74) is -0.131. The number of halogens is 1. The minimum Gasteiger partial charge on any atom is -0.465 e. The fourth-order valence-corrected chi connectivity index (χ4v) is 3.87. The van der Waals surface area contributed by atoms with Crippen LogP contribution in [0.3, 0.4) is 0 Å². The van der Waals surface area contributed by atoms with E-state index in [0.717, 1.165) is 19.8 Å². The molecule has 128 valence electrons. The van der Waals surface area contributed by atoms with Crippen LogP contribution < -0.4 is 5.32 Å². The van der Waals surface area contributed by atoms with Gasteiger partial charge in [-0.05, 0) is 12.1 Å². The van der Waals surface area contributed by atoms with Crippen molar-refractivity contribution in [2.24, 2.45) is 0 Å². The highest BCUT2D eigenvalue weighted by Gasteiger charge is 2.26. The molecular weight excluding hydrogens is 360 g/mol. The average molecular weight is 373 g/mol. The summed E-state index contributed by atoms with van der Waals surface area (Å²) in [4.78, 5) is 26.7. The van der Waals surface area contributed by atoms with Crippen LogP contribution in [0.5, 0.6) is 0 Å². The number of ether oxygens (including phenoxy) is 1. The van der Waals surface area contributed by atoms with E-state index in [0.29, 0.717) is 0 Å². The van der Waals surface area contributed by atoms with Crippen LogP contribution in [0.1, 0.15) is 20.8 Å². The van der Waals surface area contributed by atoms with Gasteiger partial charge in [-0.2, -0.15) is 0 Å². The second kappa shape index (κ2) is 7.45. The predicted molar refractivity (Wildman–Crippen MR) is 83.7 cm³/mol. The summed E-state index contributed by atoms with van der Waals surface area (Å²) in [7, 11) is -2.80. The molecule has 0 atom stereocenters. The number of benzene rings is 1. The van der Waals surface area contributed by atoms with Gasteiger partial charge in [-0.1, -0.05) is 17.7 Å². The second-order valence-electron chi connectivity index (χ2n) is 4.56. The lowest BCUT2D eigenvalue weighted by Gasteiger charge is -2.11. The summed E-state index contributed by atoms with van der Waals surface area (Å²) in [6, 6.07) is 4.10. The average Bonchev–Trinajstić information content (AvgIpc) is 3.07. The fraction of sp³-hybridized carbons (Fsp3) is 0.214. The van der Waals surface area contributed by atoms with Gasteiger partial charge >= 0.3 is 5.97 Å². The summed E-state index contributed by atoms with van der Waals surface area (Å²) in [5, 5.41) is 2.30. The topological polar surface area (TPSA) is 116 Å². The zero-order chi connectivity index (χ0) is 17.7. The van der Waals surface area contributed by atoms with Crippen molar-refractivity contribution in [2.75, 3.05) is 19.4 Å². The summed E-state index contributed by atoms with van der Waals surface area (Å²) in [6.07, 6.45) is 2.21. The van der Waals surface area contributed by atoms with Gasteiger partial charge in [0.15, 0.2) is 21.9 Å². The van der Waals surface area contributed by atoms with Crippen molar-refractivity contribution < 1.29 is 27.2 Å². The molecule has 0 radical (unpaired) electrons. The maximum absolute atomic E-state index is 12.5. The lowest BCUT2D eigenvalue weighted by molar-refractivity contribution is 0.0596. The van der Waals surface area contributed by atoms with Crippen molar-refractivity contribution >= 4 is 33.3 Å². The van der Waals surface area contributed by atoms with E-state index in [1.165, 1.54) is 18.2 Å². The number of amides is 1. The van der Waals surface area contributed by atoms with Crippen LogP contribution in [0.4, 0.5) is 0 Å². The Labute approximate surface area is 142 Å². The van der Waals surface area contributed by atoms with Gasteiger partial charge in [0.1, 0.15) is 11.2 Å². The summed E-state index contributed by atoms with van der Waals surface area (Å²) in [5.74, 6) is -1.85. The highest BCUT2D eigenvalue weighted by molar-refractivity contribution is 7.91. The maximum Gasteiger partial charge on any atom is 0.339 e. The van der Waals surface area contributed by atoms with Crippen LogP contribution in [-0.4, -0.2) is 44.7 Å². The first-order valence-corrected chi connectivity index (χ1v) is 8.66. The van der Waals surface area contributed by atoms with Crippen molar-refractivity contribution in [2.45, 2.75) is 4.90 Å². The molecule has 0 unspecified atom stereocenters. The third-order valence-corrected chi connectivity index (χ3v) is 5.24. The van der Waals surface area contributed by atoms with Gasteiger partial charge in [0, 0.05) is 6.54 Å². The Kier molecular flexibility index (Phi) is 5.58. The molecule has 1 N–H and O–H groups in total.